The van der Waals surface area contributed by atoms with Crippen LogP contribution in [0.2, 0.25) is 0 Å². The zero-order valence-corrected chi connectivity index (χ0v) is 7.00. The summed E-state index contributed by atoms with van der Waals surface area (Å²) in [6.07, 6.45) is 3.39. The molecule has 11 heavy (non-hydrogen) atoms. The highest BCUT2D eigenvalue weighted by Gasteiger charge is 1.96. The van der Waals surface area contributed by atoms with Gasteiger partial charge >= 0.3 is 0 Å². The van der Waals surface area contributed by atoms with Crippen LogP contribution in [-0.2, 0) is 4.79 Å². The Hall–Kier alpha value is -0.830. The van der Waals surface area contributed by atoms with E-state index in [9.17, 15) is 4.79 Å². The van der Waals surface area contributed by atoms with Gasteiger partial charge in [0.15, 0.2) is 0 Å². The molecule has 0 unspecified atom stereocenters. The summed E-state index contributed by atoms with van der Waals surface area (Å²) >= 11 is 0. The minimum Gasteiger partial charge on any atom is -0.393 e. The van der Waals surface area contributed by atoms with E-state index in [-0.39, 0.29) is 12.0 Å². The maximum absolute atomic E-state index is 10.7. The Labute approximate surface area is 67.1 Å². The summed E-state index contributed by atoms with van der Waals surface area (Å²) in [6.45, 7) is 4.01. The molecular formula is C8H15NO2. The molecule has 0 aliphatic carbocycles. The van der Waals surface area contributed by atoms with E-state index < -0.39 is 0 Å². The molecule has 0 fully saturated rings. The van der Waals surface area contributed by atoms with Crippen LogP contribution in [-0.4, -0.2) is 23.7 Å². The Morgan fingerprint density at radius 1 is 1.73 bits per heavy atom. The van der Waals surface area contributed by atoms with Crippen LogP contribution >= 0.6 is 0 Å². The van der Waals surface area contributed by atoms with E-state index in [2.05, 4.69) is 5.32 Å². The highest BCUT2D eigenvalue weighted by molar-refractivity contribution is 5.87. The monoisotopic (exact) mass is 157 g/mol. The van der Waals surface area contributed by atoms with Crippen LogP contribution in [0.4, 0.5) is 0 Å². The molecule has 0 aromatic heterocycles. The van der Waals surface area contributed by atoms with E-state index in [0.29, 0.717) is 13.0 Å². The van der Waals surface area contributed by atoms with Crippen LogP contribution in [0.3, 0.4) is 0 Å². The molecule has 0 aliphatic rings. The Bertz CT molecular complexity index is 141. The summed E-state index contributed by atoms with van der Waals surface area (Å²) in [5.74, 6) is -0.104. The van der Waals surface area contributed by atoms with E-state index in [1.165, 1.54) is 6.08 Å². The lowest BCUT2D eigenvalue weighted by molar-refractivity contribution is -0.116. The molecule has 0 aromatic rings. The third-order valence-corrected chi connectivity index (χ3v) is 1.18. The third-order valence-electron chi connectivity index (χ3n) is 1.18. The Morgan fingerprint density at radius 3 is 2.82 bits per heavy atom. The zero-order chi connectivity index (χ0) is 8.69. The Balaban J connectivity index is 3.32. The standard InChI is InChI=1S/C8H15NO2/c1-3-4-8(11)9-6-5-7(2)10/h3-4,7,10H,5-6H2,1-2H3,(H,9,11)/b4-3+/t7-/m0/s1. The van der Waals surface area contributed by atoms with E-state index >= 15 is 0 Å². The van der Waals surface area contributed by atoms with Crippen molar-refractivity contribution in [2.45, 2.75) is 26.4 Å². The molecule has 2 N–H and O–H groups in total. The summed E-state index contributed by atoms with van der Waals surface area (Å²) in [5, 5.41) is 11.5. The summed E-state index contributed by atoms with van der Waals surface area (Å²) in [6, 6.07) is 0. The van der Waals surface area contributed by atoms with E-state index in [4.69, 9.17) is 5.11 Å². The number of carbonyl (C=O) groups excluding carboxylic acids is 1. The number of amides is 1. The number of hydrogen-bond acceptors (Lipinski definition) is 2. The van der Waals surface area contributed by atoms with Crippen molar-refractivity contribution < 1.29 is 9.90 Å². The minimum atomic E-state index is -0.346. The molecule has 0 bridgehead atoms. The van der Waals surface area contributed by atoms with Crippen molar-refractivity contribution in [2.75, 3.05) is 6.54 Å². The lowest BCUT2D eigenvalue weighted by Gasteiger charge is -2.03. The molecule has 0 saturated heterocycles. The molecule has 0 aromatic carbocycles. The van der Waals surface area contributed by atoms with E-state index in [1.54, 1.807) is 19.9 Å². The SMILES string of the molecule is C/C=C/C(=O)NCC[C@H](C)O. The number of allylic oxidation sites excluding steroid dienone is 1. The van der Waals surface area contributed by atoms with Crippen molar-refractivity contribution in [3.63, 3.8) is 0 Å². The summed E-state index contributed by atoms with van der Waals surface area (Å²) in [5.41, 5.74) is 0. The average molecular weight is 157 g/mol. The van der Waals surface area contributed by atoms with Gasteiger partial charge in [0.2, 0.25) is 5.91 Å². The van der Waals surface area contributed by atoms with Gasteiger partial charge in [-0.1, -0.05) is 6.08 Å². The second-order valence-corrected chi connectivity index (χ2v) is 2.43. The fraction of sp³-hybridized carbons (Fsp3) is 0.625. The fourth-order valence-electron chi connectivity index (χ4n) is 0.615. The van der Waals surface area contributed by atoms with Gasteiger partial charge in [0, 0.05) is 6.54 Å². The smallest absolute Gasteiger partial charge is 0.243 e. The van der Waals surface area contributed by atoms with Gasteiger partial charge in [-0.05, 0) is 26.3 Å². The van der Waals surface area contributed by atoms with Crippen LogP contribution in [0.1, 0.15) is 20.3 Å². The van der Waals surface area contributed by atoms with Crippen LogP contribution in [0.15, 0.2) is 12.2 Å². The zero-order valence-electron chi connectivity index (χ0n) is 7.00. The molecule has 0 heterocycles. The van der Waals surface area contributed by atoms with Gasteiger partial charge in [-0.15, -0.1) is 0 Å². The summed E-state index contributed by atoms with van der Waals surface area (Å²) < 4.78 is 0. The molecule has 3 nitrogen and oxygen atoms in total. The van der Waals surface area contributed by atoms with Gasteiger partial charge in [0.1, 0.15) is 0 Å². The number of rotatable bonds is 4. The van der Waals surface area contributed by atoms with E-state index in [1.807, 2.05) is 0 Å². The first kappa shape index (κ1) is 10.2. The average Bonchev–Trinajstić information content (AvgIpc) is 1.87. The molecular weight excluding hydrogens is 142 g/mol. The van der Waals surface area contributed by atoms with Crippen molar-refractivity contribution in [1.29, 1.82) is 0 Å². The minimum absolute atomic E-state index is 0.104. The van der Waals surface area contributed by atoms with Gasteiger partial charge in [-0.3, -0.25) is 4.79 Å². The highest BCUT2D eigenvalue weighted by Crippen LogP contribution is 1.85. The van der Waals surface area contributed by atoms with Gasteiger partial charge in [0.25, 0.3) is 0 Å². The fourth-order valence-corrected chi connectivity index (χ4v) is 0.615. The Morgan fingerprint density at radius 2 is 2.36 bits per heavy atom. The van der Waals surface area contributed by atoms with Gasteiger partial charge in [-0.25, -0.2) is 0 Å². The molecule has 0 radical (unpaired) electrons. The van der Waals surface area contributed by atoms with Crippen LogP contribution in [0, 0.1) is 0 Å². The lowest BCUT2D eigenvalue weighted by Crippen LogP contribution is -2.24. The molecule has 0 rings (SSSR count). The molecule has 0 spiro atoms. The quantitative estimate of drug-likeness (QED) is 0.582. The number of nitrogens with one attached hydrogen (secondary N) is 1. The van der Waals surface area contributed by atoms with Crippen LogP contribution in [0.5, 0.6) is 0 Å². The van der Waals surface area contributed by atoms with Crippen molar-refractivity contribution in [1.82, 2.24) is 5.32 Å². The molecule has 1 amide bonds. The predicted octanol–water partition coefficient (Wildman–Crippen LogP) is 0.450. The highest BCUT2D eigenvalue weighted by atomic mass is 16.3. The maximum atomic E-state index is 10.7. The van der Waals surface area contributed by atoms with Crippen molar-refractivity contribution in [2.24, 2.45) is 0 Å². The van der Waals surface area contributed by atoms with Gasteiger partial charge in [-0.2, -0.15) is 0 Å². The van der Waals surface area contributed by atoms with Gasteiger partial charge < -0.3 is 10.4 Å². The van der Waals surface area contributed by atoms with Crippen LogP contribution in [0.25, 0.3) is 0 Å². The second kappa shape index (κ2) is 5.92. The number of aliphatic hydroxyl groups is 1. The van der Waals surface area contributed by atoms with E-state index in [0.717, 1.165) is 0 Å². The summed E-state index contributed by atoms with van der Waals surface area (Å²) in [4.78, 5) is 10.7. The molecule has 1 atom stereocenters. The Kier molecular flexibility index (Phi) is 5.47. The summed E-state index contributed by atoms with van der Waals surface area (Å²) in [7, 11) is 0. The first-order chi connectivity index (χ1) is 5.16. The predicted molar refractivity (Wildman–Crippen MR) is 44.1 cm³/mol. The second-order valence-electron chi connectivity index (χ2n) is 2.43. The molecule has 3 heteroatoms. The number of carbonyl (C=O) groups is 1. The first-order valence-corrected chi connectivity index (χ1v) is 3.75. The first-order valence-electron chi connectivity index (χ1n) is 3.75. The maximum Gasteiger partial charge on any atom is 0.243 e. The van der Waals surface area contributed by atoms with Gasteiger partial charge in [0.05, 0.1) is 6.10 Å². The van der Waals surface area contributed by atoms with Crippen molar-refractivity contribution in [3.8, 4) is 0 Å². The lowest BCUT2D eigenvalue weighted by atomic mass is 10.3. The number of hydrogen-bond donors (Lipinski definition) is 2. The third kappa shape index (κ3) is 7.06. The van der Waals surface area contributed by atoms with Crippen molar-refractivity contribution >= 4 is 5.91 Å². The molecule has 0 aliphatic heterocycles. The molecule has 0 saturated carbocycles. The molecule has 64 valence electrons. The topological polar surface area (TPSA) is 49.3 Å². The normalized spacial score (nSPS) is 13.4. The van der Waals surface area contributed by atoms with Crippen LogP contribution < -0.4 is 5.32 Å². The van der Waals surface area contributed by atoms with Crippen molar-refractivity contribution in [3.05, 3.63) is 12.2 Å². The number of aliphatic hydroxyl groups excluding tert-OH is 1. The largest absolute Gasteiger partial charge is 0.393 e.